The Morgan fingerprint density at radius 3 is 1.48 bits per heavy atom. The van der Waals surface area contributed by atoms with Gasteiger partial charge in [0.25, 0.3) is 0 Å². The predicted octanol–water partition coefficient (Wildman–Crippen LogP) is 9.94. The molecule has 0 bridgehead atoms. The molecule has 4 rings (SSSR count). The smallest absolute Gasteiger partial charge is 0.0484 e. The maximum atomic E-state index is 6.64. The molecule has 0 spiro atoms. The van der Waals surface area contributed by atoms with Gasteiger partial charge in [-0.1, -0.05) is 132 Å². The Balaban J connectivity index is 1.96. The molecule has 33 heavy (non-hydrogen) atoms. The Hall–Kier alpha value is -2.83. The van der Waals surface area contributed by atoms with E-state index in [0.717, 1.165) is 16.1 Å². The van der Waals surface area contributed by atoms with E-state index in [1.54, 1.807) is 0 Å². The molecule has 4 aromatic rings. The highest BCUT2D eigenvalue weighted by atomic mass is 35.5. The first kappa shape index (κ1) is 23.3. The molecule has 0 radical (unpaired) electrons. The highest BCUT2D eigenvalue weighted by Crippen LogP contribution is 2.42. The SMILES string of the molecule is CC(C)(C)c1ccc(-c2ccc(C(C)(C)C)cc2-c2ccccc2-c2ccccc2Cl)cc1. The Bertz CT molecular complexity index is 1270. The number of rotatable bonds is 3. The molecule has 0 saturated carbocycles. The quantitative estimate of drug-likeness (QED) is 0.290. The molecule has 4 aromatic carbocycles. The van der Waals surface area contributed by atoms with Crippen molar-refractivity contribution in [2.45, 2.75) is 52.4 Å². The number of benzene rings is 4. The third-order valence-corrected chi connectivity index (χ3v) is 6.66. The maximum Gasteiger partial charge on any atom is 0.0484 e. The van der Waals surface area contributed by atoms with Crippen molar-refractivity contribution in [3.8, 4) is 33.4 Å². The molecule has 0 nitrogen and oxygen atoms in total. The summed E-state index contributed by atoms with van der Waals surface area (Å²) in [4.78, 5) is 0. The molecule has 0 atom stereocenters. The van der Waals surface area contributed by atoms with Crippen molar-refractivity contribution in [1.29, 1.82) is 0 Å². The maximum absolute atomic E-state index is 6.64. The summed E-state index contributed by atoms with van der Waals surface area (Å²) in [5.41, 5.74) is 9.98. The van der Waals surface area contributed by atoms with Gasteiger partial charge in [0.15, 0.2) is 0 Å². The average molecular weight is 453 g/mol. The molecule has 0 amide bonds. The summed E-state index contributed by atoms with van der Waals surface area (Å²) in [6.07, 6.45) is 0. The van der Waals surface area contributed by atoms with Crippen molar-refractivity contribution < 1.29 is 0 Å². The predicted molar refractivity (Wildman–Crippen MR) is 145 cm³/mol. The lowest BCUT2D eigenvalue weighted by Crippen LogP contribution is -2.11. The van der Waals surface area contributed by atoms with Crippen LogP contribution in [0.25, 0.3) is 33.4 Å². The van der Waals surface area contributed by atoms with Crippen molar-refractivity contribution in [1.82, 2.24) is 0 Å². The van der Waals surface area contributed by atoms with Crippen molar-refractivity contribution in [3.05, 3.63) is 107 Å². The van der Waals surface area contributed by atoms with E-state index in [0.29, 0.717) is 0 Å². The number of hydrogen-bond donors (Lipinski definition) is 0. The lowest BCUT2D eigenvalue weighted by atomic mass is 9.81. The first-order valence-corrected chi connectivity index (χ1v) is 12.0. The van der Waals surface area contributed by atoms with E-state index in [4.69, 9.17) is 11.6 Å². The average Bonchev–Trinajstić information content (AvgIpc) is 2.78. The fourth-order valence-electron chi connectivity index (χ4n) is 4.27. The van der Waals surface area contributed by atoms with Gasteiger partial charge in [0.1, 0.15) is 0 Å². The van der Waals surface area contributed by atoms with Crippen LogP contribution < -0.4 is 0 Å². The summed E-state index contributed by atoms with van der Waals surface area (Å²) in [6.45, 7) is 13.6. The van der Waals surface area contributed by atoms with Gasteiger partial charge in [-0.2, -0.15) is 0 Å². The fourth-order valence-corrected chi connectivity index (χ4v) is 4.51. The number of hydrogen-bond acceptors (Lipinski definition) is 0. The van der Waals surface area contributed by atoms with Crippen molar-refractivity contribution in [3.63, 3.8) is 0 Å². The van der Waals surface area contributed by atoms with Gasteiger partial charge in [-0.3, -0.25) is 0 Å². The normalized spacial score (nSPS) is 12.1. The molecular weight excluding hydrogens is 420 g/mol. The van der Waals surface area contributed by atoms with Gasteiger partial charge in [-0.15, -0.1) is 0 Å². The lowest BCUT2D eigenvalue weighted by Gasteiger charge is -2.23. The van der Waals surface area contributed by atoms with Crippen molar-refractivity contribution in [2.24, 2.45) is 0 Å². The van der Waals surface area contributed by atoms with Crippen LogP contribution in [0.3, 0.4) is 0 Å². The van der Waals surface area contributed by atoms with E-state index < -0.39 is 0 Å². The summed E-state index contributed by atoms with van der Waals surface area (Å²) >= 11 is 6.64. The molecule has 1 heteroatoms. The van der Waals surface area contributed by atoms with Gasteiger partial charge in [-0.05, 0) is 61.9 Å². The topological polar surface area (TPSA) is 0 Å². The molecule has 168 valence electrons. The van der Waals surface area contributed by atoms with E-state index in [1.165, 1.54) is 33.4 Å². The summed E-state index contributed by atoms with van der Waals surface area (Å²) < 4.78 is 0. The van der Waals surface area contributed by atoms with Crippen molar-refractivity contribution >= 4 is 11.6 Å². The zero-order valence-corrected chi connectivity index (χ0v) is 21.3. The van der Waals surface area contributed by atoms with E-state index in [2.05, 4.69) is 120 Å². The molecule has 0 N–H and O–H groups in total. The van der Waals surface area contributed by atoms with Crippen LogP contribution in [-0.4, -0.2) is 0 Å². The van der Waals surface area contributed by atoms with Crippen LogP contribution in [0.15, 0.2) is 91.0 Å². The monoisotopic (exact) mass is 452 g/mol. The minimum absolute atomic E-state index is 0.0582. The third kappa shape index (κ3) is 4.92. The lowest BCUT2D eigenvalue weighted by molar-refractivity contribution is 0.590. The van der Waals surface area contributed by atoms with Crippen molar-refractivity contribution in [2.75, 3.05) is 0 Å². The molecule has 0 aliphatic rings. The summed E-state index contributed by atoms with van der Waals surface area (Å²) in [7, 11) is 0. The zero-order chi connectivity index (χ0) is 23.8. The highest BCUT2D eigenvalue weighted by molar-refractivity contribution is 6.33. The first-order valence-electron chi connectivity index (χ1n) is 11.7. The van der Waals surface area contributed by atoms with E-state index in [-0.39, 0.29) is 10.8 Å². The van der Waals surface area contributed by atoms with Crippen LogP contribution in [0.4, 0.5) is 0 Å². The molecule has 0 aromatic heterocycles. The van der Waals surface area contributed by atoms with Crippen LogP contribution in [0, 0.1) is 0 Å². The highest BCUT2D eigenvalue weighted by Gasteiger charge is 2.20. The molecule has 0 fully saturated rings. The molecule has 0 saturated heterocycles. The van der Waals surface area contributed by atoms with Gasteiger partial charge >= 0.3 is 0 Å². The molecular formula is C32H33Cl. The molecule has 0 unspecified atom stereocenters. The van der Waals surface area contributed by atoms with Gasteiger partial charge in [0.2, 0.25) is 0 Å². The Morgan fingerprint density at radius 2 is 0.939 bits per heavy atom. The Kier molecular flexibility index (Phi) is 6.25. The summed E-state index contributed by atoms with van der Waals surface area (Å²) in [5.74, 6) is 0. The Morgan fingerprint density at radius 1 is 0.455 bits per heavy atom. The van der Waals surface area contributed by atoms with Crippen LogP contribution in [0.2, 0.25) is 5.02 Å². The van der Waals surface area contributed by atoms with Gasteiger partial charge in [-0.25, -0.2) is 0 Å². The summed E-state index contributed by atoms with van der Waals surface area (Å²) in [5, 5.41) is 0.771. The molecule has 0 aliphatic carbocycles. The fraction of sp³-hybridized carbons (Fsp3) is 0.250. The second kappa shape index (κ2) is 8.84. The van der Waals surface area contributed by atoms with E-state index >= 15 is 0 Å². The largest absolute Gasteiger partial charge is 0.0837 e. The second-order valence-corrected chi connectivity index (χ2v) is 11.3. The zero-order valence-electron chi connectivity index (χ0n) is 20.5. The minimum Gasteiger partial charge on any atom is -0.0837 e. The second-order valence-electron chi connectivity index (χ2n) is 10.9. The van der Waals surface area contributed by atoms with E-state index in [1.807, 2.05) is 12.1 Å². The Labute approximate surface area is 204 Å². The van der Waals surface area contributed by atoms with Crippen LogP contribution in [0.5, 0.6) is 0 Å². The molecule has 0 aliphatic heterocycles. The third-order valence-electron chi connectivity index (χ3n) is 6.33. The van der Waals surface area contributed by atoms with Gasteiger partial charge in [0.05, 0.1) is 0 Å². The van der Waals surface area contributed by atoms with Gasteiger partial charge < -0.3 is 0 Å². The minimum atomic E-state index is 0.0582. The first-order chi connectivity index (χ1) is 15.6. The van der Waals surface area contributed by atoms with Crippen LogP contribution in [-0.2, 0) is 10.8 Å². The van der Waals surface area contributed by atoms with E-state index in [9.17, 15) is 0 Å². The van der Waals surface area contributed by atoms with Crippen LogP contribution >= 0.6 is 11.6 Å². The standard InChI is InChI=1S/C32H33Cl/c1-31(2,3)23-17-15-22(16-18-23)25-20-19-24(32(4,5)6)21-29(25)27-12-8-7-11-26(27)28-13-9-10-14-30(28)33/h7-21H,1-6H3. The van der Waals surface area contributed by atoms with Crippen LogP contribution in [0.1, 0.15) is 52.7 Å². The van der Waals surface area contributed by atoms with Gasteiger partial charge in [0, 0.05) is 10.6 Å². The number of halogens is 1. The molecule has 0 heterocycles. The summed E-state index contributed by atoms with van der Waals surface area (Å²) in [6, 6.07) is 32.7.